The van der Waals surface area contributed by atoms with Gasteiger partial charge < -0.3 is 0 Å². The fourth-order valence-corrected chi connectivity index (χ4v) is 1.65. The molecule has 1 aromatic heterocycles. The third kappa shape index (κ3) is 2.98. The van der Waals surface area contributed by atoms with Crippen molar-refractivity contribution in [3.05, 3.63) is 21.9 Å². The molecule has 66 valence electrons. The van der Waals surface area contributed by atoms with Gasteiger partial charge in [0.15, 0.2) is 0 Å². The van der Waals surface area contributed by atoms with Gasteiger partial charge in [-0.2, -0.15) is 0 Å². The average Bonchev–Trinajstić information content (AvgIpc) is 2.60. The van der Waals surface area contributed by atoms with E-state index in [0.717, 1.165) is 16.9 Å². The van der Waals surface area contributed by atoms with Crippen LogP contribution in [0.3, 0.4) is 0 Å². The van der Waals surface area contributed by atoms with Crippen LogP contribution >= 0.6 is 11.3 Å². The summed E-state index contributed by atoms with van der Waals surface area (Å²) in [6.45, 7) is 2.17. The molecule has 1 aromatic rings. The number of hydrogen-bond acceptors (Lipinski definition) is 1. The van der Waals surface area contributed by atoms with Crippen LogP contribution in [0, 0.1) is 24.2 Å². The second-order valence-electron chi connectivity index (χ2n) is 2.71. The summed E-state index contributed by atoms with van der Waals surface area (Å²) in [6.07, 6.45) is 8.65. The Labute approximate surface area is 84.0 Å². The molecule has 0 saturated carbocycles. The molecule has 0 aliphatic heterocycles. The first-order chi connectivity index (χ1) is 6.38. The molecule has 0 atom stereocenters. The lowest BCUT2D eigenvalue weighted by Crippen LogP contribution is -1.72. The van der Waals surface area contributed by atoms with Crippen LogP contribution in [0.2, 0.25) is 0 Å². The van der Waals surface area contributed by atoms with Gasteiger partial charge in [-0.15, -0.1) is 17.8 Å². The fourth-order valence-electron chi connectivity index (χ4n) is 0.928. The lowest BCUT2D eigenvalue weighted by atomic mass is 10.2. The van der Waals surface area contributed by atoms with Gasteiger partial charge in [0.05, 0.1) is 10.4 Å². The van der Waals surface area contributed by atoms with Crippen molar-refractivity contribution in [1.29, 1.82) is 0 Å². The molecular weight excluding hydrogens is 176 g/mol. The normalized spacial score (nSPS) is 8.62. The summed E-state index contributed by atoms with van der Waals surface area (Å²) in [5, 5.41) is 1.99. The second-order valence-corrected chi connectivity index (χ2v) is 3.63. The van der Waals surface area contributed by atoms with E-state index >= 15 is 0 Å². The Balaban J connectivity index is 2.62. The molecule has 0 unspecified atom stereocenters. The molecule has 0 bridgehead atoms. The molecular formula is C12H12S. The fraction of sp³-hybridized carbons (Fsp3) is 0.333. The Morgan fingerprint density at radius 3 is 3.08 bits per heavy atom. The average molecular weight is 188 g/mol. The van der Waals surface area contributed by atoms with Crippen LogP contribution in [0.5, 0.6) is 0 Å². The Kier molecular flexibility index (Phi) is 4.16. The molecule has 0 amide bonds. The van der Waals surface area contributed by atoms with E-state index in [1.807, 2.05) is 11.4 Å². The molecule has 0 nitrogen and oxygen atoms in total. The first-order valence-electron chi connectivity index (χ1n) is 4.41. The summed E-state index contributed by atoms with van der Waals surface area (Å²) in [7, 11) is 0. The van der Waals surface area contributed by atoms with Crippen LogP contribution in [0.15, 0.2) is 11.4 Å². The summed E-state index contributed by atoms with van der Waals surface area (Å²) in [6, 6.07) is 1.94. The van der Waals surface area contributed by atoms with Gasteiger partial charge in [-0.1, -0.05) is 31.1 Å². The van der Waals surface area contributed by atoms with Crippen LogP contribution in [-0.2, 0) is 0 Å². The summed E-state index contributed by atoms with van der Waals surface area (Å²) in [5.74, 6) is 8.86. The topological polar surface area (TPSA) is 0 Å². The van der Waals surface area contributed by atoms with Crippen molar-refractivity contribution in [3.63, 3.8) is 0 Å². The van der Waals surface area contributed by atoms with Crippen molar-refractivity contribution in [2.45, 2.75) is 26.2 Å². The third-order valence-corrected chi connectivity index (χ3v) is 2.51. The van der Waals surface area contributed by atoms with Crippen LogP contribution in [0.25, 0.3) is 0 Å². The smallest absolute Gasteiger partial charge is 0.0924 e. The van der Waals surface area contributed by atoms with Crippen molar-refractivity contribution >= 4 is 11.3 Å². The van der Waals surface area contributed by atoms with Crippen molar-refractivity contribution in [3.8, 4) is 24.2 Å². The largest absolute Gasteiger partial charge is 0.134 e. The van der Waals surface area contributed by atoms with E-state index in [2.05, 4.69) is 24.7 Å². The molecule has 0 fully saturated rings. The van der Waals surface area contributed by atoms with Gasteiger partial charge >= 0.3 is 0 Å². The monoisotopic (exact) mass is 188 g/mol. The zero-order valence-electron chi connectivity index (χ0n) is 7.76. The highest BCUT2D eigenvalue weighted by molar-refractivity contribution is 7.10. The molecule has 13 heavy (non-hydrogen) atoms. The van der Waals surface area contributed by atoms with Gasteiger partial charge in [-0.25, -0.2) is 0 Å². The summed E-state index contributed by atoms with van der Waals surface area (Å²) < 4.78 is 0. The first-order valence-corrected chi connectivity index (χ1v) is 5.29. The van der Waals surface area contributed by atoms with Crippen LogP contribution in [0.1, 0.15) is 36.6 Å². The molecule has 0 radical (unpaired) electrons. The standard InChI is InChI=1S/C12H12S/c1-3-5-6-7-8-12-11(4-2)9-10-13-12/h2,9-10H,3,5-6H2,1H3. The predicted octanol–water partition coefficient (Wildman–Crippen LogP) is 3.27. The predicted molar refractivity (Wildman–Crippen MR) is 58.7 cm³/mol. The maximum Gasteiger partial charge on any atom is 0.0924 e. The minimum atomic E-state index is 0.925. The summed E-state index contributed by atoms with van der Waals surface area (Å²) in [4.78, 5) is 1.03. The van der Waals surface area contributed by atoms with E-state index in [1.54, 1.807) is 11.3 Å². The molecule has 0 N–H and O–H groups in total. The molecule has 0 saturated heterocycles. The molecule has 0 aliphatic carbocycles. The van der Waals surface area contributed by atoms with Crippen molar-refractivity contribution in [2.75, 3.05) is 0 Å². The lowest BCUT2D eigenvalue weighted by molar-refractivity contribution is 0.828. The number of unbranched alkanes of at least 4 members (excludes halogenated alkanes) is 2. The SMILES string of the molecule is C#Cc1ccsc1C#CCCCC. The number of hydrogen-bond donors (Lipinski definition) is 0. The first kappa shape index (κ1) is 9.90. The molecule has 1 heterocycles. The van der Waals surface area contributed by atoms with Crippen molar-refractivity contribution in [2.24, 2.45) is 0 Å². The van der Waals surface area contributed by atoms with E-state index in [-0.39, 0.29) is 0 Å². The summed E-state index contributed by atoms with van der Waals surface area (Å²) in [5.41, 5.74) is 0.925. The van der Waals surface area contributed by atoms with Crippen molar-refractivity contribution < 1.29 is 0 Å². The van der Waals surface area contributed by atoms with Crippen LogP contribution in [0.4, 0.5) is 0 Å². The van der Waals surface area contributed by atoms with E-state index in [4.69, 9.17) is 6.42 Å². The van der Waals surface area contributed by atoms with Gasteiger partial charge in [-0.05, 0) is 17.9 Å². The maximum atomic E-state index is 5.31. The number of thiophene rings is 1. The minimum absolute atomic E-state index is 0.925. The quantitative estimate of drug-likeness (QED) is 0.493. The van der Waals surface area contributed by atoms with Crippen LogP contribution in [-0.4, -0.2) is 0 Å². The van der Waals surface area contributed by atoms with E-state index in [9.17, 15) is 0 Å². The molecule has 1 rings (SSSR count). The number of terminal acetylenes is 1. The maximum absolute atomic E-state index is 5.31. The Bertz CT molecular complexity index is 354. The zero-order chi connectivity index (χ0) is 9.52. The number of rotatable bonds is 2. The zero-order valence-corrected chi connectivity index (χ0v) is 8.58. The molecule has 0 aromatic carbocycles. The minimum Gasteiger partial charge on any atom is -0.134 e. The van der Waals surface area contributed by atoms with Gasteiger partial charge in [0.1, 0.15) is 0 Å². The Morgan fingerprint density at radius 1 is 1.54 bits per heavy atom. The Morgan fingerprint density at radius 2 is 2.38 bits per heavy atom. The van der Waals surface area contributed by atoms with E-state index in [1.165, 1.54) is 12.8 Å². The molecule has 0 spiro atoms. The van der Waals surface area contributed by atoms with Crippen LogP contribution < -0.4 is 0 Å². The summed E-state index contributed by atoms with van der Waals surface area (Å²) >= 11 is 1.62. The highest BCUT2D eigenvalue weighted by Crippen LogP contribution is 2.13. The lowest BCUT2D eigenvalue weighted by Gasteiger charge is -1.85. The highest BCUT2D eigenvalue weighted by atomic mass is 32.1. The molecule has 0 aliphatic rings. The Hall–Kier alpha value is -1.18. The van der Waals surface area contributed by atoms with Crippen molar-refractivity contribution in [1.82, 2.24) is 0 Å². The highest BCUT2D eigenvalue weighted by Gasteiger charge is 1.95. The van der Waals surface area contributed by atoms with Gasteiger partial charge in [-0.3, -0.25) is 0 Å². The molecule has 1 heteroatoms. The second kappa shape index (κ2) is 5.46. The van der Waals surface area contributed by atoms with Gasteiger partial charge in [0.25, 0.3) is 0 Å². The van der Waals surface area contributed by atoms with E-state index in [0.29, 0.717) is 0 Å². The van der Waals surface area contributed by atoms with Gasteiger partial charge in [0, 0.05) is 6.42 Å². The third-order valence-electron chi connectivity index (χ3n) is 1.68. The van der Waals surface area contributed by atoms with Gasteiger partial charge in [0.2, 0.25) is 0 Å². The van der Waals surface area contributed by atoms with E-state index < -0.39 is 0 Å².